The minimum absolute atomic E-state index is 0.107. The van der Waals surface area contributed by atoms with Crippen LogP contribution in [0.25, 0.3) is 0 Å². The molecule has 23 heavy (non-hydrogen) atoms. The van der Waals surface area contributed by atoms with E-state index in [1.54, 1.807) is 0 Å². The van der Waals surface area contributed by atoms with E-state index in [4.69, 9.17) is 11.6 Å². The topological polar surface area (TPSA) is 32.3 Å². The number of benzene rings is 2. The number of hydrogen-bond acceptors (Lipinski definition) is 2. The highest BCUT2D eigenvalue weighted by Gasteiger charge is 2.15. The van der Waals surface area contributed by atoms with E-state index in [1.807, 2.05) is 49.4 Å². The van der Waals surface area contributed by atoms with Gasteiger partial charge in [0.15, 0.2) is 0 Å². The molecule has 120 valence electrons. The maximum absolute atomic E-state index is 12.4. The molecule has 1 fully saturated rings. The first kappa shape index (κ1) is 15.9. The normalized spacial score (nSPS) is 14.6. The van der Waals surface area contributed by atoms with Gasteiger partial charge >= 0.3 is 0 Å². The third kappa shape index (κ3) is 3.67. The summed E-state index contributed by atoms with van der Waals surface area (Å²) in [6.07, 6.45) is 3.71. The summed E-state index contributed by atoms with van der Waals surface area (Å²) in [6.45, 7) is 4.03. The van der Waals surface area contributed by atoms with Crippen molar-refractivity contribution in [1.82, 2.24) is 0 Å². The lowest BCUT2D eigenvalue weighted by Crippen LogP contribution is -2.29. The van der Waals surface area contributed by atoms with Gasteiger partial charge in [-0.15, -0.1) is 0 Å². The van der Waals surface area contributed by atoms with Crippen molar-refractivity contribution in [3.63, 3.8) is 0 Å². The third-order valence-electron chi connectivity index (χ3n) is 4.29. The summed E-state index contributed by atoms with van der Waals surface area (Å²) in [4.78, 5) is 14.7. The summed E-state index contributed by atoms with van der Waals surface area (Å²) < 4.78 is 0. The van der Waals surface area contributed by atoms with Gasteiger partial charge in [0.1, 0.15) is 0 Å². The van der Waals surface area contributed by atoms with Crippen LogP contribution in [-0.2, 0) is 0 Å². The fourth-order valence-electron chi connectivity index (χ4n) is 3.00. The maximum atomic E-state index is 12.4. The Hall–Kier alpha value is -2.00. The van der Waals surface area contributed by atoms with Crippen LogP contribution in [0.2, 0.25) is 5.02 Å². The molecule has 1 saturated heterocycles. The van der Waals surface area contributed by atoms with E-state index in [0.717, 1.165) is 30.0 Å². The van der Waals surface area contributed by atoms with E-state index in [0.29, 0.717) is 10.6 Å². The van der Waals surface area contributed by atoms with Crippen LogP contribution >= 0.6 is 11.6 Å². The van der Waals surface area contributed by atoms with Crippen molar-refractivity contribution in [2.75, 3.05) is 23.3 Å². The summed E-state index contributed by atoms with van der Waals surface area (Å²) in [5, 5.41) is 3.62. The van der Waals surface area contributed by atoms with Crippen LogP contribution in [0.3, 0.4) is 0 Å². The van der Waals surface area contributed by atoms with Gasteiger partial charge in [-0.2, -0.15) is 0 Å². The molecule has 1 aliphatic heterocycles. The highest BCUT2D eigenvalue weighted by atomic mass is 35.5. The number of carbonyl (C=O) groups is 1. The molecule has 0 atom stereocenters. The number of hydrogen-bond donors (Lipinski definition) is 1. The zero-order chi connectivity index (χ0) is 16.2. The summed E-state index contributed by atoms with van der Waals surface area (Å²) in [6, 6.07) is 13.3. The van der Waals surface area contributed by atoms with Crippen LogP contribution in [0.1, 0.15) is 35.2 Å². The predicted octanol–water partition coefficient (Wildman–Crippen LogP) is 4.89. The third-order valence-corrected chi connectivity index (χ3v) is 4.59. The van der Waals surface area contributed by atoms with Gasteiger partial charge < -0.3 is 10.2 Å². The van der Waals surface area contributed by atoms with Gasteiger partial charge in [-0.25, -0.2) is 0 Å². The second-order valence-electron chi connectivity index (χ2n) is 5.98. The molecule has 1 aliphatic rings. The fraction of sp³-hybridized carbons (Fsp3) is 0.316. The largest absolute Gasteiger partial charge is 0.370 e. The minimum atomic E-state index is -0.107. The average molecular weight is 329 g/mol. The Labute approximate surface area is 142 Å². The van der Waals surface area contributed by atoms with E-state index in [1.165, 1.54) is 19.3 Å². The summed E-state index contributed by atoms with van der Waals surface area (Å²) in [5.41, 5.74) is 3.43. The molecule has 3 nitrogen and oxygen atoms in total. The predicted molar refractivity (Wildman–Crippen MR) is 96.6 cm³/mol. The summed E-state index contributed by atoms with van der Waals surface area (Å²) in [7, 11) is 0. The molecule has 0 bridgehead atoms. The van der Waals surface area contributed by atoms with Crippen LogP contribution < -0.4 is 10.2 Å². The number of aryl methyl sites for hydroxylation is 1. The van der Waals surface area contributed by atoms with Gasteiger partial charge in [0.2, 0.25) is 0 Å². The maximum Gasteiger partial charge on any atom is 0.255 e. The zero-order valence-electron chi connectivity index (χ0n) is 13.3. The number of nitrogens with one attached hydrogen (secondary N) is 1. The Kier molecular flexibility index (Phi) is 4.87. The Morgan fingerprint density at radius 1 is 1.09 bits per heavy atom. The van der Waals surface area contributed by atoms with E-state index in [9.17, 15) is 4.79 Å². The molecule has 1 amide bonds. The number of rotatable bonds is 3. The Balaban J connectivity index is 1.75. The van der Waals surface area contributed by atoms with Crippen LogP contribution in [-0.4, -0.2) is 19.0 Å². The minimum Gasteiger partial charge on any atom is -0.370 e. The van der Waals surface area contributed by atoms with Crippen molar-refractivity contribution in [3.05, 3.63) is 58.6 Å². The quantitative estimate of drug-likeness (QED) is 0.870. The summed E-state index contributed by atoms with van der Waals surface area (Å²) >= 11 is 6.43. The molecule has 0 saturated carbocycles. The summed E-state index contributed by atoms with van der Waals surface area (Å²) in [5.74, 6) is -0.107. The van der Waals surface area contributed by atoms with Crippen LogP contribution in [0.5, 0.6) is 0 Å². The van der Waals surface area contributed by atoms with Crippen molar-refractivity contribution in [1.29, 1.82) is 0 Å². The molecule has 0 unspecified atom stereocenters. The SMILES string of the molecule is Cc1ccccc1C(=O)Nc1ccc(N2CCCCC2)c(Cl)c1. The molecule has 0 aliphatic carbocycles. The molecule has 0 aromatic heterocycles. The first-order valence-electron chi connectivity index (χ1n) is 8.06. The number of amides is 1. The van der Waals surface area contributed by atoms with Crippen molar-refractivity contribution in [2.24, 2.45) is 0 Å². The monoisotopic (exact) mass is 328 g/mol. The highest BCUT2D eigenvalue weighted by Crippen LogP contribution is 2.31. The van der Waals surface area contributed by atoms with Gasteiger partial charge in [-0.3, -0.25) is 4.79 Å². The van der Waals surface area contributed by atoms with Gasteiger partial charge in [0.25, 0.3) is 5.91 Å². The molecule has 1 N–H and O–H groups in total. The molecule has 1 heterocycles. The smallest absolute Gasteiger partial charge is 0.255 e. The lowest BCUT2D eigenvalue weighted by atomic mass is 10.1. The van der Waals surface area contributed by atoms with Crippen LogP contribution in [0.4, 0.5) is 11.4 Å². The van der Waals surface area contributed by atoms with Crippen LogP contribution in [0, 0.1) is 6.92 Å². The highest BCUT2D eigenvalue weighted by molar-refractivity contribution is 6.33. The number of carbonyl (C=O) groups excluding carboxylic acids is 1. The van der Waals surface area contributed by atoms with Crippen molar-refractivity contribution >= 4 is 28.9 Å². The molecule has 2 aromatic rings. The molecular formula is C19H21ClN2O. The fourth-order valence-corrected chi connectivity index (χ4v) is 3.30. The second kappa shape index (κ2) is 7.05. The molecule has 0 spiro atoms. The number of piperidine rings is 1. The lowest BCUT2D eigenvalue weighted by molar-refractivity contribution is 0.102. The first-order chi connectivity index (χ1) is 11.1. The van der Waals surface area contributed by atoms with Gasteiger partial charge in [0, 0.05) is 24.3 Å². The van der Waals surface area contributed by atoms with E-state index in [-0.39, 0.29) is 5.91 Å². The van der Waals surface area contributed by atoms with E-state index in [2.05, 4.69) is 10.2 Å². The Morgan fingerprint density at radius 2 is 1.83 bits per heavy atom. The Morgan fingerprint density at radius 3 is 2.52 bits per heavy atom. The van der Waals surface area contributed by atoms with Gasteiger partial charge in [-0.1, -0.05) is 29.8 Å². The molecular weight excluding hydrogens is 308 g/mol. The number of halogens is 1. The lowest BCUT2D eigenvalue weighted by Gasteiger charge is -2.29. The molecule has 4 heteroatoms. The zero-order valence-corrected chi connectivity index (χ0v) is 14.1. The molecule has 2 aromatic carbocycles. The molecule has 0 radical (unpaired) electrons. The average Bonchev–Trinajstić information content (AvgIpc) is 2.56. The number of nitrogens with zero attached hydrogens (tertiary/aromatic N) is 1. The number of anilines is 2. The molecule has 3 rings (SSSR count). The second-order valence-corrected chi connectivity index (χ2v) is 6.39. The van der Waals surface area contributed by atoms with E-state index >= 15 is 0 Å². The van der Waals surface area contributed by atoms with Crippen LogP contribution in [0.15, 0.2) is 42.5 Å². The first-order valence-corrected chi connectivity index (χ1v) is 8.44. The van der Waals surface area contributed by atoms with Gasteiger partial charge in [-0.05, 0) is 56.0 Å². The standard InChI is InChI=1S/C19H21ClN2O/c1-14-7-3-4-8-16(14)19(23)21-15-9-10-18(17(20)13-15)22-11-5-2-6-12-22/h3-4,7-10,13H,2,5-6,11-12H2,1H3,(H,21,23). The van der Waals surface area contributed by atoms with Crippen molar-refractivity contribution in [3.8, 4) is 0 Å². The Bertz CT molecular complexity index is 708. The van der Waals surface area contributed by atoms with E-state index < -0.39 is 0 Å². The van der Waals surface area contributed by atoms with Crippen molar-refractivity contribution < 1.29 is 4.79 Å². The van der Waals surface area contributed by atoms with Gasteiger partial charge in [0.05, 0.1) is 10.7 Å². The van der Waals surface area contributed by atoms with Crippen molar-refractivity contribution in [2.45, 2.75) is 26.2 Å².